The van der Waals surface area contributed by atoms with Crippen molar-refractivity contribution in [2.24, 2.45) is 0 Å². The third-order valence-electron chi connectivity index (χ3n) is 5.54. The number of piperazine rings is 1. The molecule has 0 radical (unpaired) electrons. The first-order valence-electron chi connectivity index (χ1n) is 9.68. The summed E-state index contributed by atoms with van der Waals surface area (Å²) >= 11 is 0. The minimum Gasteiger partial charge on any atom is -0.352 e. The highest BCUT2D eigenvalue weighted by Gasteiger charge is 2.30. The Bertz CT molecular complexity index is 436. The molecule has 0 aromatic carbocycles. The number of nitrogens with one attached hydrogen (secondary N) is 1. The van der Waals surface area contributed by atoms with Crippen LogP contribution in [0.3, 0.4) is 0 Å². The van der Waals surface area contributed by atoms with Crippen molar-refractivity contribution >= 4 is 11.8 Å². The van der Waals surface area contributed by atoms with Crippen LogP contribution in [0.1, 0.15) is 45.4 Å². The number of nitrogens with zero attached hydrogens (tertiary/aromatic N) is 3. The van der Waals surface area contributed by atoms with Crippen LogP contribution >= 0.6 is 0 Å². The highest BCUT2D eigenvalue weighted by molar-refractivity contribution is 5.81. The van der Waals surface area contributed by atoms with Crippen molar-refractivity contribution in [1.29, 1.82) is 0 Å². The summed E-state index contributed by atoms with van der Waals surface area (Å²) in [5.74, 6) is 0.441. The van der Waals surface area contributed by atoms with Gasteiger partial charge in [0.1, 0.15) is 0 Å². The fourth-order valence-corrected chi connectivity index (χ4v) is 3.72. The molecule has 2 aliphatic heterocycles. The molecule has 2 amide bonds. The SMILES string of the molecule is CC(C(=O)N1CCCCCC1)N1CCN(CC(=O)NC2CC2)CC1. The number of rotatable bonds is 5. The summed E-state index contributed by atoms with van der Waals surface area (Å²) in [6, 6.07) is 0.399. The molecule has 136 valence electrons. The molecule has 0 spiro atoms. The average molecular weight is 336 g/mol. The molecule has 3 rings (SSSR count). The second kappa shape index (κ2) is 8.30. The lowest BCUT2D eigenvalue weighted by Crippen LogP contribution is -2.55. The van der Waals surface area contributed by atoms with Crippen molar-refractivity contribution in [1.82, 2.24) is 20.0 Å². The number of hydrogen-bond donors (Lipinski definition) is 1. The maximum Gasteiger partial charge on any atom is 0.239 e. The van der Waals surface area contributed by atoms with Crippen molar-refractivity contribution < 1.29 is 9.59 Å². The Morgan fingerprint density at radius 3 is 2.17 bits per heavy atom. The van der Waals surface area contributed by atoms with Crippen LogP contribution in [-0.4, -0.2) is 84.4 Å². The van der Waals surface area contributed by atoms with E-state index in [1.54, 1.807) is 0 Å². The molecule has 2 saturated heterocycles. The van der Waals surface area contributed by atoms with Gasteiger partial charge in [0.25, 0.3) is 0 Å². The Kier molecular flexibility index (Phi) is 6.11. The van der Waals surface area contributed by atoms with Gasteiger partial charge >= 0.3 is 0 Å². The zero-order valence-electron chi connectivity index (χ0n) is 15.0. The summed E-state index contributed by atoms with van der Waals surface area (Å²) in [7, 11) is 0. The van der Waals surface area contributed by atoms with Crippen LogP contribution in [0.15, 0.2) is 0 Å². The van der Waals surface area contributed by atoms with Crippen LogP contribution in [0.2, 0.25) is 0 Å². The maximum atomic E-state index is 12.7. The molecule has 3 aliphatic rings. The minimum absolute atomic E-state index is 0.0365. The fraction of sp³-hybridized carbons (Fsp3) is 0.889. The van der Waals surface area contributed by atoms with E-state index in [0.717, 1.165) is 65.0 Å². The first-order valence-corrected chi connectivity index (χ1v) is 9.68. The summed E-state index contributed by atoms with van der Waals surface area (Å²) in [4.78, 5) is 31.2. The van der Waals surface area contributed by atoms with Crippen LogP contribution in [0.4, 0.5) is 0 Å². The molecular formula is C18H32N4O2. The molecule has 1 unspecified atom stereocenters. The van der Waals surface area contributed by atoms with E-state index in [4.69, 9.17) is 0 Å². The Labute approximate surface area is 145 Å². The van der Waals surface area contributed by atoms with Gasteiger partial charge in [-0.2, -0.15) is 0 Å². The van der Waals surface area contributed by atoms with Crippen LogP contribution < -0.4 is 5.32 Å². The Morgan fingerprint density at radius 2 is 1.58 bits per heavy atom. The molecule has 1 N–H and O–H groups in total. The first kappa shape index (κ1) is 17.7. The minimum atomic E-state index is -0.0365. The van der Waals surface area contributed by atoms with E-state index in [1.165, 1.54) is 12.8 Å². The molecule has 0 bridgehead atoms. The second-order valence-electron chi connectivity index (χ2n) is 7.57. The van der Waals surface area contributed by atoms with Crippen LogP contribution in [-0.2, 0) is 9.59 Å². The smallest absolute Gasteiger partial charge is 0.239 e. The fourth-order valence-electron chi connectivity index (χ4n) is 3.72. The molecule has 1 saturated carbocycles. The highest BCUT2D eigenvalue weighted by Crippen LogP contribution is 2.18. The molecule has 1 atom stereocenters. The van der Waals surface area contributed by atoms with E-state index >= 15 is 0 Å². The number of carbonyl (C=O) groups is 2. The van der Waals surface area contributed by atoms with Gasteiger partial charge in [-0.1, -0.05) is 12.8 Å². The van der Waals surface area contributed by atoms with Crippen molar-refractivity contribution in [2.75, 3.05) is 45.8 Å². The van der Waals surface area contributed by atoms with Crippen molar-refractivity contribution in [3.8, 4) is 0 Å². The van der Waals surface area contributed by atoms with Crippen molar-refractivity contribution in [3.63, 3.8) is 0 Å². The lowest BCUT2D eigenvalue weighted by Gasteiger charge is -2.38. The van der Waals surface area contributed by atoms with Gasteiger partial charge in [0.2, 0.25) is 11.8 Å². The average Bonchev–Trinajstić information content (AvgIpc) is 3.41. The number of likely N-dealkylation sites (tertiary alicyclic amines) is 1. The summed E-state index contributed by atoms with van der Waals surface area (Å²) < 4.78 is 0. The lowest BCUT2D eigenvalue weighted by atomic mass is 10.2. The number of hydrogen-bond acceptors (Lipinski definition) is 4. The van der Waals surface area contributed by atoms with E-state index in [2.05, 4.69) is 20.0 Å². The zero-order valence-corrected chi connectivity index (χ0v) is 15.0. The van der Waals surface area contributed by atoms with Gasteiger partial charge in [-0.25, -0.2) is 0 Å². The Morgan fingerprint density at radius 1 is 0.958 bits per heavy atom. The zero-order chi connectivity index (χ0) is 16.9. The van der Waals surface area contributed by atoms with E-state index in [1.807, 2.05) is 6.92 Å². The van der Waals surface area contributed by atoms with Gasteiger partial charge in [0.15, 0.2) is 0 Å². The standard InChI is InChI=1S/C18H32N4O2/c1-15(18(24)22-8-4-2-3-5-9-22)21-12-10-20(11-13-21)14-17(23)19-16-6-7-16/h15-16H,2-14H2,1H3,(H,19,23). The summed E-state index contributed by atoms with van der Waals surface area (Å²) in [5, 5.41) is 3.05. The van der Waals surface area contributed by atoms with E-state index in [0.29, 0.717) is 12.6 Å². The Balaban J connectivity index is 1.41. The second-order valence-corrected chi connectivity index (χ2v) is 7.57. The third-order valence-corrected chi connectivity index (χ3v) is 5.54. The molecule has 6 nitrogen and oxygen atoms in total. The van der Waals surface area contributed by atoms with E-state index < -0.39 is 0 Å². The molecule has 3 fully saturated rings. The van der Waals surface area contributed by atoms with E-state index in [9.17, 15) is 9.59 Å². The van der Waals surface area contributed by atoms with Gasteiger partial charge in [0, 0.05) is 45.3 Å². The third kappa shape index (κ3) is 4.93. The topological polar surface area (TPSA) is 55.9 Å². The van der Waals surface area contributed by atoms with Crippen LogP contribution in [0, 0.1) is 0 Å². The molecule has 2 heterocycles. The molecule has 0 aromatic heterocycles. The summed E-state index contributed by atoms with van der Waals surface area (Å²) in [6.45, 7) is 7.87. The molecular weight excluding hydrogens is 304 g/mol. The van der Waals surface area contributed by atoms with Crippen molar-refractivity contribution in [2.45, 2.75) is 57.5 Å². The van der Waals surface area contributed by atoms with Crippen molar-refractivity contribution in [3.05, 3.63) is 0 Å². The lowest BCUT2D eigenvalue weighted by molar-refractivity contribution is -0.137. The molecule has 24 heavy (non-hydrogen) atoms. The van der Waals surface area contributed by atoms with Gasteiger partial charge in [-0.15, -0.1) is 0 Å². The maximum absolute atomic E-state index is 12.7. The quantitative estimate of drug-likeness (QED) is 0.802. The predicted octanol–water partition coefficient (Wildman–Crippen LogP) is 0.674. The Hall–Kier alpha value is -1.14. The first-order chi connectivity index (χ1) is 11.6. The predicted molar refractivity (Wildman–Crippen MR) is 93.7 cm³/mol. The van der Waals surface area contributed by atoms with Crippen LogP contribution in [0.25, 0.3) is 0 Å². The summed E-state index contributed by atoms with van der Waals surface area (Å²) in [6.07, 6.45) is 7.05. The summed E-state index contributed by atoms with van der Waals surface area (Å²) in [5.41, 5.74) is 0. The largest absolute Gasteiger partial charge is 0.352 e. The van der Waals surface area contributed by atoms with Gasteiger partial charge in [0.05, 0.1) is 12.6 Å². The van der Waals surface area contributed by atoms with Gasteiger partial charge in [-0.3, -0.25) is 19.4 Å². The van der Waals surface area contributed by atoms with Gasteiger partial charge in [-0.05, 0) is 32.6 Å². The molecule has 0 aromatic rings. The molecule has 1 aliphatic carbocycles. The number of amides is 2. The number of carbonyl (C=O) groups excluding carboxylic acids is 2. The van der Waals surface area contributed by atoms with Gasteiger partial charge < -0.3 is 10.2 Å². The van der Waals surface area contributed by atoms with Crippen LogP contribution in [0.5, 0.6) is 0 Å². The highest BCUT2D eigenvalue weighted by atomic mass is 16.2. The normalized spacial score (nSPS) is 25.1. The monoisotopic (exact) mass is 336 g/mol. The van der Waals surface area contributed by atoms with E-state index in [-0.39, 0.29) is 17.9 Å². The molecule has 6 heteroatoms.